The number of hydrazone groups is 1. The molecule has 21 heavy (non-hydrogen) atoms. The third kappa shape index (κ3) is 4.27. The maximum atomic E-state index is 4.52. The number of benzene rings is 1. The van der Waals surface area contributed by atoms with E-state index in [1.165, 1.54) is 0 Å². The molecule has 0 radical (unpaired) electrons. The van der Waals surface area contributed by atoms with E-state index in [9.17, 15) is 0 Å². The molecule has 0 bridgehead atoms. The molecule has 5 heteroatoms. The monoisotopic (exact) mass is 283 g/mol. The molecule has 0 amide bonds. The van der Waals surface area contributed by atoms with Gasteiger partial charge in [0.05, 0.1) is 6.21 Å². The molecule has 110 valence electrons. The average Bonchev–Trinajstić information content (AvgIpc) is 2.48. The van der Waals surface area contributed by atoms with Gasteiger partial charge < -0.3 is 4.90 Å². The molecule has 0 aliphatic rings. The lowest BCUT2D eigenvalue weighted by atomic mass is 10.2. The second-order valence-electron chi connectivity index (χ2n) is 5.30. The van der Waals surface area contributed by atoms with Crippen molar-refractivity contribution in [3.05, 3.63) is 47.8 Å². The molecule has 1 N–H and O–H groups in total. The van der Waals surface area contributed by atoms with Crippen molar-refractivity contribution < 1.29 is 0 Å². The van der Waals surface area contributed by atoms with Gasteiger partial charge >= 0.3 is 0 Å². The zero-order valence-corrected chi connectivity index (χ0v) is 12.9. The molecule has 0 unspecified atom stereocenters. The van der Waals surface area contributed by atoms with E-state index in [-0.39, 0.29) is 5.92 Å². The Bertz CT molecular complexity index is 579. The first-order valence-corrected chi connectivity index (χ1v) is 6.96. The Kier molecular flexibility index (Phi) is 4.87. The molecule has 5 nitrogen and oxygen atoms in total. The van der Waals surface area contributed by atoms with Crippen molar-refractivity contribution >= 4 is 17.9 Å². The van der Waals surface area contributed by atoms with Crippen LogP contribution in [0.2, 0.25) is 0 Å². The number of nitrogens with zero attached hydrogens (tertiary/aromatic N) is 4. The van der Waals surface area contributed by atoms with Gasteiger partial charge in [-0.15, -0.1) is 0 Å². The SMILES string of the molecule is CC(C)c1nc(N/N=C/c2ccccc2)cc(N(C)C)n1. The van der Waals surface area contributed by atoms with Gasteiger partial charge in [-0.1, -0.05) is 44.2 Å². The summed E-state index contributed by atoms with van der Waals surface area (Å²) in [5.74, 6) is 2.64. The van der Waals surface area contributed by atoms with E-state index >= 15 is 0 Å². The van der Waals surface area contributed by atoms with Gasteiger partial charge in [0, 0.05) is 26.1 Å². The van der Waals surface area contributed by atoms with Gasteiger partial charge in [0.15, 0.2) is 5.82 Å². The summed E-state index contributed by atoms with van der Waals surface area (Å²) in [6, 6.07) is 11.8. The normalized spacial score (nSPS) is 11.1. The Labute approximate surface area is 125 Å². The van der Waals surface area contributed by atoms with Gasteiger partial charge in [-0.2, -0.15) is 5.10 Å². The summed E-state index contributed by atoms with van der Waals surface area (Å²) < 4.78 is 0. The molecule has 0 aliphatic carbocycles. The molecule has 0 fully saturated rings. The number of hydrogen-bond donors (Lipinski definition) is 1. The van der Waals surface area contributed by atoms with Gasteiger partial charge in [-0.25, -0.2) is 9.97 Å². The van der Waals surface area contributed by atoms with Crippen molar-refractivity contribution in [2.45, 2.75) is 19.8 Å². The van der Waals surface area contributed by atoms with Gasteiger partial charge in [0.2, 0.25) is 0 Å². The predicted molar refractivity (Wildman–Crippen MR) is 88.1 cm³/mol. The average molecular weight is 283 g/mol. The van der Waals surface area contributed by atoms with Crippen LogP contribution in [0.1, 0.15) is 31.2 Å². The van der Waals surface area contributed by atoms with Crippen LogP contribution in [-0.2, 0) is 0 Å². The fourth-order valence-corrected chi connectivity index (χ4v) is 1.71. The molecule has 1 heterocycles. The highest BCUT2D eigenvalue weighted by atomic mass is 15.3. The number of anilines is 2. The van der Waals surface area contributed by atoms with Crippen LogP contribution in [0.3, 0.4) is 0 Å². The topological polar surface area (TPSA) is 53.4 Å². The molecule has 0 saturated carbocycles. The molecule has 1 aromatic carbocycles. The zero-order valence-electron chi connectivity index (χ0n) is 12.9. The van der Waals surface area contributed by atoms with Crippen LogP contribution >= 0.6 is 0 Å². The summed E-state index contributed by atoms with van der Waals surface area (Å²) >= 11 is 0. The lowest BCUT2D eigenvalue weighted by Gasteiger charge is -2.15. The van der Waals surface area contributed by atoms with Crippen LogP contribution in [-0.4, -0.2) is 30.3 Å². The fourth-order valence-electron chi connectivity index (χ4n) is 1.71. The van der Waals surface area contributed by atoms with Crippen molar-refractivity contribution in [2.75, 3.05) is 24.4 Å². The maximum absolute atomic E-state index is 4.52. The van der Waals surface area contributed by atoms with E-state index in [0.717, 1.165) is 17.2 Å². The van der Waals surface area contributed by atoms with E-state index in [1.807, 2.05) is 55.4 Å². The zero-order chi connectivity index (χ0) is 15.2. The minimum Gasteiger partial charge on any atom is -0.363 e. The van der Waals surface area contributed by atoms with Crippen molar-refractivity contribution in [1.29, 1.82) is 0 Å². The smallest absolute Gasteiger partial charge is 0.152 e. The summed E-state index contributed by atoms with van der Waals surface area (Å²) in [6.45, 7) is 4.15. The van der Waals surface area contributed by atoms with Crippen LogP contribution < -0.4 is 10.3 Å². The molecule has 2 rings (SSSR count). The highest BCUT2D eigenvalue weighted by molar-refractivity contribution is 5.79. The maximum Gasteiger partial charge on any atom is 0.152 e. The third-order valence-electron chi connectivity index (χ3n) is 2.90. The predicted octanol–water partition coefficient (Wildman–Crippen LogP) is 3.11. The summed E-state index contributed by atoms with van der Waals surface area (Å²) in [5, 5.41) is 4.23. The van der Waals surface area contributed by atoms with Crippen molar-refractivity contribution in [2.24, 2.45) is 5.10 Å². The third-order valence-corrected chi connectivity index (χ3v) is 2.90. The molecule has 2 aromatic rings. The minimum absolute atomic E-state index is 0.267. The quantitative estimate of drug-likeness (QED) is 0.676. The van der Waals surface area contributed by atoms with Gasteiger partial charge in [0.25, 0.3) is 0 Å². The van der Waals surface area contributed by atoms with Gasteiger partial charge in [-0.3, -0.25) is 5.43 Å². The van der Waals surface area contributed by atoms with Crippen LogP contribution in [0, 0.1) is 0 Å². The Morgan fingerprint density at radius 3 is 2.48 bits per heavy atom. The van der Waals surface area contributed by atoms with Crippen molar-refractivity contribution in [3.8, 4) is 0 Å². The van der Waals surface area contributed by atoms with E-state index in [0.29, 0.717) is 5.82 Å². The first-order valence-electron chi connectivity index (χ1n) is 6.96. The second kappa shape index (κ2) is 6.83. The van der Waals surface area contributed by atoms with E-state index in [2.05, 4.69) is 34.3 Å². The van der Waals surface area contributed by atoms with Crippen molar-refractivity contribution in [3.63, 3.8) is 0 Å². The fraction of sp³-hybridized carbons (Fsp3) is 0.312. The van der Waals surface area contributed by atoms with Gasteiger partial charge in [-0.05, 0) is 5.56 Å². The van der Waals surface area contributed by atoms with Crippen LogP contribution in [0.25, 0.3) is 0 Å². The summed E-state index contributed by atoms with van der Waals surface area (Å²) in [4.78, 5) is 11.0. The lowest BCUT2D eigenvalue weighted by Crippen LogP contribution is -2.13. The standard InChI is InChI=1S/C16H21N5/c1-12(2)16-18-14(10-15(19-16)21(3)4)20-17-11-13-8-6-5-7-9-13/h5-12H,1-4H3,(H,18,19,20)/b17-11+. The Hall–Kier alpha value is -2.43. The second-order valence-corrected chi connectivity index (χ2v) is 5.30. The van der Waals surface area contributed by atoms with Crippen LogP contribution in [0.4, 0.5) is 11.6 Å². The van der Waals surface area contributed by atoms with E-state index in [1.54, 1.807) is 6.21 Å². The first kappa shape index (κ1) is 15.0. The molecule has 0 saturated heterocycles. The summed E-state index contributed by atoms with van der Waals surface area (Å²) in [7, 11) is 3.92. The summed E-state index contributed by atoms with van der Waals surface area (Å²) in [5.41, 5.74) is 4.01. The molecular weight excluding hydrogens is 262 g/mol. The minimum atomic E-state index is 0.267. The van der Waals surface area contributed by atoms with E-state index in [4.69, 9.17) is 0 Å². The number of hydrogen-bond acceptors (Lipinski definition) is 5. The molecular formula is C16H21N5. The Balaban J connectivity index is 2.17. The lowest BCUT2D eigenvalue weighted by molar-refractivity contribution is 0.771. The highest BCUT2D eigenvalue weighted by Crippen LogP contribution is 2.18. The molecule has 1 aromatic heterocycles. The molecule has 0 atom stereocenters. The largest absolute Gasteiger partial charge is 0.363 e. The van der Waals surface area contributed by atoms with E-state index < -0.39 is 0 Å². The number of nitrogens with one attached hydrogen (secondary N) is 1. The first-order chi connectivity index (χ1) is 10.1. The Morgan fingerprint density at radius 2 is 1.86 bits per heavy atom. The molecule has 0 spiro atoms. The Morgan fingerprint density at radius 1 is 1.14 bits per heavy atom. The summed E-state index contributed by atoms with van der Waals surface area (Å²) in [6.07, 6.45) is 1.77. The number of rotatable bonds is 5. The molecule has 0 aliphatic heterocycles. The van der Waals surface area contributed by atoms with Crippen LogP contribution in [0.15, 0.2) is 41.5 Å². The highest BCUT2D eigenvalue weighted by Gasteiger charge is 2.08. The van der Waals surface area contributed by atoms with Gasteiger partial charge in [0.1, 0.15) is 11.6 Å². The van der Waals surface area contributed by atoms with Crippen molar-refractivity contribution in [1.82, 2.24) is 9.97 Å². The number of aromatic nitrogens is 2. The van der Waals surface area contributed by atoms with Crippen LogP contribution in [0.5, 0.6) is 0 Å².